The van der Waals surface area contributed by atoms with Crippen molar-refractivity contribution < 1.29 is 6.11 Å². The average Bonchev–Trinajstić information content (AvgIpc) is 3.28. The van der Waals surface area contributed by atoms with Gasteiger partial charge in [-0.1, -0.05) is 6.07 Å². The highest BCUT2D eigenvalue weighted by atomic mass is 16.5. The first-order valence-electron chi connectivity index (χ1n) is 13.4. The summed E-state index contributed by atoms with van der Waals surface area (Å²) in [6.45, 7) is 11.5. The average molecular weight is 485 g/mol. The normalized spacial score (nSPS) is 25.0. The molecule has 5 heterocycles. The Kier molecular flexibility index (Phi) is 5.90. The maximum Gasteiger partial charge on any atom is 0.128 e. The molecular weight excluding hydrogens is 450 g/mol. The largest absolute Gasteiger partial charge is 0.370 e. The molecule has 6 rings (SSSR count). The summed E-state index contributed by atoms with van der Waals surface area (Å²) in [6, 6.07) is 14.5. The van der Waals surface area contributed by atoms with Gasteiger partial charge in [-0.25, -0.2) is 4.98 Å². The Bertz CT molecular complexity index is 1350. The minimum Gasteiger partial charge on any atom is -0.370 e. The van der Waals surface area contributed by atoms with Crippen LogP contribution < -0.4 is 15.1 Å². The highest BCUT2D eigenvalue weighted by molar-refractivity contribution is 5.95. The van der Waals surface area contributed by atoms with Crippen LogP contribution in [0.4, 0.5) is 11.5 Å². The van der Waals surface area contributed by atoms with E-state index in [2.05, 4.69) is 57.0 Å². The van der Waals surface area contributed by atoms with Crippen LogP contribution in [0.15, 0.2) is 42.6 Å². The van der Waals surface area contributed by atoms with E-state index in [-0.39, 0.29) is 18.4 Å². The molecule has 3 aromatic rings. The minimum atomic E-state index is 0.0927. The van der Waals surface area contributed by atoms with Crippen molar-refractivity contribution in [1.29, 1.82) is 5.26 Å². The van der Waals surface area contributed by atoms with E-state index in [1.807, 2.05) is 18.2 Å². The van der Waals surface area contributed by atoms with Gasteiger partial charge in [0.2, 0.25) is 0 Å². The first kappa shape index (κ1) is 22.0. The van der Waals surface area contributed by atoms with Crippen LogP contribution in [0.2, 0.25) is 0 Å². The van der Waals surface area contributed by atoms with Crippen molar-refractivity contribution in [2.75, 3.05) is 55.6 Å². The van der Waals surface area contributed by atoms with E-state index >= 15 is 0 Å². The number of anilines is 2. The van der Waals surface area contributed by atoms with E-state index < -0.39 is 0 Å². The van der Waals surface area contributed by atoms with Crippen molar-refractivity contribution in [2.24, 2.45) is 0 Å². The molecule has 0 saturated carbocycles. The van der Waals surface area contributed by atoms with Gasteiger partial charge in [-0.3, -0.25) is 9.88 Å². The number of rotatable bonds is 4. The molecule has 3 aliphatic heterocycles. The lowest BCUT2D eigenvalue weighted by Gasteiger charge is -2.42. The van der Waals surface area contributed by atoms with Crippen molar-refractivity contribution in [3.05, 3.63) is 59.4 Å². The van der Waals surface area contributed by atoms with Gasteiger partial charge in [0.25, 0.3) is 0 Å². The fourth-order valence-electron chi connectivity index (χ4n) is 5.83. The Balaban J connectivity index is 1.12. The molecule has 0 unspecified atom stereocenters. The molecular formula is C28H33N7O. The SMILES string of the molecule is [2H]c1ccc2c(N3C[C@H](CN4CCN(c5ccc6c(n5)CN[C@H]6C)CC4)O[C@H](C)C3)ccc(C#N)c2n1. The van der Waals surface area contributed by atoms with Gasteiger partial charge in [0.05, 0.1) is 30.4 Å². The molecule has 2 aromatic heterocycles. The van der Waals surface area contributed by atoms with Crippen LogP contribution in [0, 0.1) is 11.3 Å². The molecule has 0 radical (unpaired) electrons. The van der Waals surface area contributed by atoms with Gasteiger partial charge in [0.1, 0.15) is 11.9 Å². The van der Waals surface area contributed by atoms with Gasteiger partial charge in [-0.05, 0) is 49.7 Å². The van der Waals surface area contributed by atoms with Gasteiger partial charge in [-0.15, -0.1) is 0 Å². The number of ether oxygens (including phenoxy) is 1. The third kappa shape index (κ3) is 4.39. The number of hydrogen-bond donors (Lipinski definition) is 1. The Morgan fingerprint density at radius 2 is 1.97 bits per heavy atom. The first-order valence-corrected chi connectivity index (χ1v) is 12.9. The molecule has 186 valence electrons. The van der Waals surface area contributed by atoms with Crippen molar-refractivity contribution in [3.8, 4) is 6.07 Å². The lowest BCUT2D eigenvalue weighted by atomic mass is 10.1. The summed E-state index contributed by atoms with van der Waals surface area (Å²) in [6.07, 6.45) is 0.366. The van der Waals surface area contributed by atoms with E-state index in [0.29, 0.717) is 17.1 Å². The van der Waals surface area contributed by atoms with E-state index in [1.54, 1.807) is 6.07 Å². The third-order valence-corrected chi connectivity index (χ3v) is 7.68. The highest BCUT2D eigenvalue weighted by Crippen LogP contribution is 2.31. The van der Waals surface area contributed by atoms with Crippen LogP contribution >= 0.6 is 0 Å². The molecule has 0 bridgehead atoms. The second-order valence-electron chi connectivity index (χ2n) is 10.1. The van der Waals surface area contributed by atoms with E-state index in [9.17, 15) is 5.26 Å². The van der Waals surface area contributed by atoms with E-state index in [1.165, 1.54) is 11.3 Å². The predicted octanol–water partition coefficient (Wildman–Crippen LogP) is 3.08. The fourth-order valence-corrected chi connectivity index (χ4v) is 5.83. The highest BCUT2D eigenvalue weighted by Gasteiger charge is 2.30. The molecule has 1 aromatic carbocycles. The van der Waals surface area contributed by atoms with Gasteiger partial charge < -0.3 is 19.9 Å². The first-order chi connectivity index (χ1) is 18.0. The van der Waals surface area contributed by atoms with Crippen LogP contribution in [-0.4, -0.2) is 72.9 Å². The number of pyridine rings is 2. The summed E-state index contributed by atoms with van der Waals surface area (Å²) in [5.41, 5.74) is 4.66. The molecule has 36 heavy (non-hydrogen) atoms. The number of aromatic nitrogens is 2. The van der Waals surface area contributed by atoms with E-state index in [0.717, 1.165) is 69.2 Å². The lowest BCUT2D eigenvalue weighted by molar-refractivity contribution is -0.0327. The van der Waals surface area contributed by atoms with Crippen molar-refractivity contribution in [2.45, 2.75) is 38.6 Å². The molecule has 3 atom stereocenters. The molecule has 0 spiro atoms. The molecule has 1 N–H and O–H groups in total. The molecule has 2 fully saturated rings. The molecule has 0 aliphatic carbocycles. The standard InChI is InChI=1S/C28H33N7O/c1-19-16-35(26-7-5-21(14-29)28-24(26)4-3-9-30-28)18-22(36-19)17-33-10-12-34(13-11-33)27-8-6-23-20(2)31-15-25(23)32-27/h3-9,19-20,22,31H,10-13,15-18H2,1-2H3/t19-,20+,22+/m1/s1/i9D. The second kappa shape index (κ2) is 9.66. The Morgan fingerprint density at radius 1 is 1.11 bits per heavy atom. The molecule has 8 heteroatoms. The number of morpholine rings is 1. The Morgan fingerprint density at radius 3 is 2.81 bits per heavy atom. The zero-order valence-corrected chi connectivity index (χ0v) is 20.9. The summed E-state index contributed by atoms with van der Waals surface area (Å²) < 4.78 is 14.3. The smallest absolute Gasteiger partial charge is 0.128 e. The minimum absolute atomic E-state index is 0.0927. The summed E-state index contributed by atoms with van der Waals surface area (Å²) >= 11 is 0. The lowest BCUT2D eigenvalue weighted by Crippen LogP contribution is -2.54. The van der Waals surface area contributed by atoms with Crippen molar-refractivity contribution in [3.63, 3.8) is 0 Å². The summed E-state index contributed by atoms with van der Waals surface area (Å²) in [5.74, 6) is 1.08. The monoisotopic (exact) mass is 484 g/mol. The number of nitrogens with one attached hydrogen (secondary N) is 1. The summed E-state index contributed by atoms with van der Waals surface area (Å²) in [4.78, 5) is 16.5. The second-order valence-corrected chi connectivity index (χ2v) is 10.1. The maximum atomic E-state index is 9.54. The Hall–Kier alpha value is -3.25. The van der Waals surface area contributed by atoms with Crippen LogP contribution in [0.3, 0.4) is 0 Å². The van der Waals surface area contributed by atoms with Crippen LogP contribution in [0.5, 0.6) is 0 Å². The fraction of sp³-hybridized carbons (Fsp3) is 0.464. The Labute approximate surface area is 213 Å². The summed E-state index contributed by atoms with van der Waals surface area (Å²) in [5, 5.41) is 13.9. The number of benzene rings is 1. The van der Waals surface area contributed by atoms with Crippen LogP contribution in [0.1, 0.15) is 38.1 Å². The maximum absolute atomic E-state index is 9.54. The number of fused-ring (bicyclic) bond motifs is 2. The van der Waals surface area contributed by atoms with Crippen LogP contribution in [-0.2, 0) is 11.3 Å². The zero-order chi connectivity index (χ0) is 25.5. The molecule has 8 nitrogen and oxygen atoms in total. The quantitative estimate of drug-likeness (QED) is 0.605. The molecule has 3 aliphatic rings. The number of nitriles is 1. The summed E-state index contributed by atoms with van der Waals surface area (Å²) in [7, 11) is 0. The molecule has 0 amide bonds. The topological polar surface area (TPSA) is 80.5 Å². The van der Waals surface area contributed by atoms with E-state index in [4.69, 9.17) is 11.1 Å². The predicted molar refractivity (Wildman–Crippen MR) is 141 cm³/mol. The van der Waals surface area contributed by atoms with Gasteiger partial charge in [0, 0.05) is 75.6 Å². The van der Waals surface area contributed by atoms with Gasteiger partial charge in [0.15, 0.2) is 0 Å². The van der Waals surface area contributed by atoms with Crippen molar-refractivity contribution >= 4 is 22.4 Å². The zero-order valence-electron chi connectivity index (χ0n) is 21.9. The number of nitrogens with zero attached hydrogens (tertiary/aromatic N) is 6. The number of hydrogen-bond acceptors (Lipinski definition) is 8. The van der Waals surface area contributed by atoms with Crippen LogP contribution in [0.25, 0.3) is 10.9 Å². The molecule has 2 saturated heterocycles. The van der Waals surface area contributed by atoms with Gasteiger partial charge in [-0.2, -0.15) is 5.26 Å². The van der Waals surface area contributed by atoms with Crippen molar-refractivity contribution in [1.82, 2.24) is 20.2 Å². The van der Waals surface area contributed by atoms with Gasteiger partial charge >= 0.3 is 0 Å². The number of piperazine rings is 1. The third-order valence-electron chi connectivity index (χ3n) is 7.68.